The molecule has 20 heavy (non-hydrogen) atoms. The molecule has 1 saturated heterocycles. The fraction of sp³-hybridized carbons (Fsp3) is 0.0833. The first-order valence-corrected chi connectivity index (χ1v) is 6.09. The van der Waals surface area contributed by atoms with Gasteiger partial charge in [-0.15, -0.1) is 0 Å². The van der Waals surface area contributed by atoms with Crippen LogP contribution >= 0.6 is 23.2 Å². The van der Waals surface area contributed by atoms with Crippen molar-refractivity contribution in [2.75, 3.05) is 7.11 Å². The van der Waals surface area contributed by atoms with Gasteiger partial charge in [-0.1, -0.05) is 23.2 Å². The molecule has 0 bridgehead atoms. The van der Waals surface area contributed by atoms with Crippen molar-refractivity contribution >= 4 is 47.1 Å². The zero-order valence-corrected chi connectivity index (χ0v) is 11.6. The number of ether oxygens (including phenoxy) is 1. The van der Waals surface area contributed by atoms with E-state index in [1.54, 1.807) is 0 Å². The summed E-state index contributed by atoms with van der Waals surface area (Å²) in [6, 6.07) is 2.08. The number of nitrogens with one attached hydrogen (secondary N) is 2. The van der Waals surface area contributed by atoms with Crippen LogP contribution in [-0.4, -0.2) is 25.0 Å². The maximum atomic E-state index is 11.6. The van der Waals surface area contributed by atoms with Crippen LogP contribution in [0, 0.1) is 0 Å². The maximum Gasteiger partial charge on any atom is 0.328 e. The number of methoxy groups -OCH3 is 1. The second-order valence-electron chi connectivity index (χ2n) is 3.81. The number of barbiturate groups is 1. The van der Waals surface area contributed by atoms with Crippen LogP contribution < -0.4 is 15.4 Å². The third-order valence-corrected chi connectivity index (χ3v) is 2.98. The summed E-state index contributed by atoms with van der Waals surface area (Å²) in [5.74, 6) is -1.35. The lowest BCUT2D eigenvalue weighted by molar-refractivity contribution is -0.123. The summed E-state index contributed by atoms with van der Waals surface area (Å²) in [5, 5.41) is 4.47. The number of urea groups is 1. The molecule has 0 spiro atoms. The molecule has 0 aromatic heterocycles. The Labute approximate surface area is 123 Å². The number of hydrogen-bond acceptors (Lipinski definition) is 4. The minimum Gasteiger partial charge on any atom is -0.495 e. The molecule has 0 unspecified atom stereocenters. The second kappa shape index (κ2) is 5.52. The largest absolute Gasteiger partial charge is 0.495 e. The second-order valence-corrected chi connectivity index (χ2v) is 4.65. The highest BCUT2D eigenvalue weighted by Gasteiger charge is 2.28. The molecule has 2 N–H and O–H groups in total. The molecular weight excluding hydrogens is 307 g/mol. The van der Waals surface area contributed by atoms with Crippen LogP contribution in [0.1, 0.15) is 5.56 Å². The molecule has 8 heteroatoms. The van der Waals surface area contributed by atoms with Gasteiger partial charge >= 0.3 is 6.03 Å². The lowest BCUT2D eigenvalue weighted by Crippen LogP contribution is -2.51. The Bertz CT molecular complexity index is 633. The highest BCUT2D eigenvalue weighted by atomic mass is 35.5. The number of halogens is 2. The number of carbonyl (C=O) groups excluding carboxylic acids is 3. The number of hydrogen-bond donors (Lipinski definition) is 2. The van der Waals surface area contributed by atoms with Gasteiger partial charge in [-0.2, -0.15) is 0 Å². The van der Waals surface area contributed by atoms with Crippen molar-refractivity contribution in [3.63, 3.8) is 0 Å². The van der Waals surface area contributed by atoms with Crippen LogP contribution in [0.4, 0.5) is 4.79 Å². The van der Waals surface area contributed by atoms with Crippen LogP contribution in [0.5, 0.6) is 5.75 Å². The Hall–Kier alpha value is -2.05. The standard InChI is InChI=1S/C12H8Cl2N2O4/c1-20-9-5(2-6(13)4-8(9)14)3-7-10(17)15-12(19)16-11(7)18/h2-4H,1H3,(H2,15,16,17,18,19). The summed E-state index contributed by atoms with van der Waals surface area (Å²) in [4.78, 5) is 34.2. The zero-order chi connectivity index (χ0) is 14.9. The molecule has 104 valence electrons. The molecule has 1 fully saturated rings. The molecular formula is C12H8Cl2N2O4. The van der Waals surface area contributed by atoms with Gasteiger partial charge in [-0.25, -0.2) is 4.79 Å². The lowest BCUT2D eigenvalue weighted by atomic mass is 10.1. The molecule has 1 heterocycles. The summed E-state index contributed by atoms with van der Waals surface area (Å²) < 4.78 is 5.10. The fourth-order valence-corrected chi connectivity index (χ4v) is 2.25. The molecule has 1 aliphatic heterocycles. The van der Waals surface area contributed by atoms with E-state index < -0.39 is 17.8 Å². The third kappa shape index (κ3) is 2.76. The summed E-state index contributed by atoms with van der Waals surface area (Å²) in [6.07, 6.45) is 1.24. The van der Waals surface area contributed by atoms with Gasteiger partial charge in [0.15, 0.2) is 0 Å². The Morgan fingerprint density at radius 1 is 1.10 bits per heavy atom. The molecule has 0 radical (unpaired) electrons. The summed E-state index contributed by atoms with van der Waals surface area (Å²) in [7, 11) is 1.39. The van der Waals surface area contributed by atoms with Crippen molar-refractivity contribution in [3.8, 4) is 5.75 Å². The Morgan fingerprint density at radius 2 is 1.70 bits per heavy atom. The van der Waals surface area contributed by atoms with Crippen molar-refractivity contribution < 1.29 is 19.1 Å². The van der Waals surface area contributed by atoms with Gasteiger partial charge in [-0.3, -0.25) is 20.2 Å². The molecule has 1 aromatic carbocycles. The molecule has 1 aliphatic rings. The van der Waals surface area contributed by atoms with E-state index >= 15 is 0 Å². The first-order chi connectivity index (χ1) is 9.42. The minimum atomic E-state index is -0.867. The normalized spacial score (nSPS) is 14.8. The first-order valence-electron chi connectivity index (χ1n) is 5.33. The topological polar surface area (TPSA) is 84.5 Å². The average Bonchev–Trinajstić information content (AvgIpc) is 2.33. The van der Waals surface area contributed by atoms with Gasteiger partial charge in [0.25, 0.3) is 11.8 Å². The van der Waals surface area contributed by atoms with Gasteiger partial charge in [0.1, 0.15) is 11.3 Å². The molecule has 2 rings (SSSR count). The van der Waals surface area contributed by atoms with Crippen molar-refractivity contribution in [1.82, 2.24) is 10.6 Å². The Kier molecular flexibility index (Phi) is 3.96. The summed E-state index contributed by atoms with van der Waals surface area (Å²) in [5.41, 5.74) is 0.0980. The van der Waals surface area contributed by atoms with Gasteiger partial charge < -0.3 is 4.74 Å². The fourth-order valence-electron chi connectivity index (χ4n) is 1.66. The van der Waals surface area contributed by atoms with Gasteiger partial charge in [0.2, 0.25) is 0 Å². The van der Waals surface area contributed by atoms with E-state index in [0.29, 0.717) is 10.6 Å². The van der Waals surface area contributed by atoms with Crippen LogP contribution in [0.15, 0.2) is 17.7 Å². The van der Waals surface area contributed by atoms with Crippen molar-refractivity contribution in [1.29, 1.82) is 0 Å². The smallest absolute Gasteiger partial charge is 0.328 e. The highest BCUT2D eigenvalue weighted by molar-refractivity contribution is 6.36. The molecule has 0 aliphatic carbocycles. The van der Waals surface area contributed by atoms with Crippen LogP contribution in [0.2, 0.25) is 10.0 Å². The predicted octanol–water partition coefficient (Wildman–Crippen LogP) is 1.75. The molecule has 6 nitrogen and oxygen atoms in total. The first kappa shape index (κ1) is 14.4. The number of imide groups is 2. The quantitative estimate of drug-likeness (QED) is 0.643. The SMILES string of the molecule is COc1c(Cl)cc(Cl)cc1C=C1C(=O)NC(=O)NC1=O. The molecule has 0 atom stereocenters. The lowest BCUT2D eigenvalue weighted by Gasteiger charge is -2.15. The monoisotopic (exact) mass is 314 g/mol. The van der Waals surface area contributed by atoms with Gasteiger partial charge in [0.05, 0.1) is 12.1 Å². The number of carbonyl (C=O) groups is 3. The number of benzene rings is 1. The zero-order valence-electron chi connectivity index (χ0n) is 10.1. The minimum absolute atomic E-state index is 0.236. The Balaban J connectivity index is 2.52. The average molecular weight is 315 g/mol. The van der Waals surface area contributed by atoms with E-state index in [4.69, 9.17) is 27.9 Å². The van der Waals surface area contributed by atoms with Crippen molar-refractivity contribution in [3.05, 3.63) is 33.3 Å². The van der Waals surface area contributed by atoms with E-state index in [1.165, 1.54) is 25.3 Å². The maximum absolute atomic E-state index is 11.6. The number of amides is 4. The van der Waals surface area contributed by atoms with E-state index in [2.05, 4.69) is 0 Å². The predicted molar refractivity (Wildman–Crippen MR) is 72.7 cm³/mol. The molecule has 1 aromatic rings. The van der Waals surface area contributed by atoms with Gasteiger partial charge in [-0.05, 0) is 18.2 Å². The van der Waals surface area contributed by atoms with E-state index in [0.717, 1.165) is 0 Å². The van der Waals surface area contributed by atoms with E-state index in [1.807, 2.05) is 10.6 Å². The van der Waals surface area contributed by atoms with Crippen LogP contribution in [0.25, 0.3) is 6.08 Å². The Morgan fingerprint density at radius 3 is 2.25 bits per heavy atom. The van der Waals surface area contributed by atoms with Crippen molar-refractivity contribution in [2.45, 2.75) is 0 Å². The highest BCUT2D eigenvalue weighted by Crippen LogP contribution is 2.33. The summed E-state index contributed by atoms with van der Waals surface area (Å²) >= 11 is 11.8. The van der Waals surface area contributed by atoms with Gasteiger partial charge in [0, 0.05) is 10.6 Å². The summed E-state index contributed by atoms with van der Waals surface area (Å²) in [6.45, 7) is 0. The van der Waals surface area contributed by atoms with Crippen LogP contribution in [0.3, 0.4) is 0 Å². The third-order valence-electron chi connectivity index (χ3n) is 2.48. The van der Waals surface area contributed by atoms with Crippen molar-refractivity contribution in [2.24, 2.45) is 0 Å². The molecule has 4 amide bonds. The van der Waals surface area contributed by atoms with E-state index in [-0.39, 0.29) is 16.3 Å². The van der Waals surface area contributed by atoms with E-state index in [9.17, 15) is 14.4 Å². The number of rotatable bonds is 2. The molecule has 0 saturated carbocycles. The van der Waals surface area contributed by atoms with Crippen LogP contribution in [-0.2, 0) is 9.59 Å².